The van der Waals surface area contributed by atoms with Gasteiger partial charge < -0.3 is 15.6 Å². The van der Waals surface area contributed by atoms with Gasteiger partial charge in [-0.05, 0) is 25.1 Å². The maximum absolute atomic E-state index is 12.1. The maximum Gasteiger partial charge on any atom is 0.307 e. The predicted octanol–water partition coefficient (Wildman–Crippen LogP) is -0.526. The summed E-state index contributed by atoms with van der Waals surface area (Å²) in [6.45, 7) is 1.31. The fourth-order valence-electron chi connectivity index (χ4n) is 1.58. The van der Waals surface area contributed by atoms with Crippen molar-refractivity contribution in [3.05, 3.63) is 23.8 Å². The van der Waals surface area contributed by atoms with E-state index in [0.29, 0.717) is 0 Å². The predicted molar refractivity (Wildman–Crippen MR) is 73.3 cm³/mol. The first-order chi connectivity index (χ1) is 9.67. The van der Waals surface area contributed by atoms with Crippen molar-refractivity contribution in [2.75, 3.05) is 7.11 Å². The van der Waals surface area contributed by atoms with E-state index in [1.165, 1.54) is 32.2 Å². The number of ether oxygens (including phenoxy) is 1. The largest absolute Gasteiger partial charge is 0.496 e. The molecule has 0 spiro atoms. The molecule has 1 atom stereocenters. The summed E-state index contributed by atoms with van der Waals surface area (Å²) in [6, 6.07) is 2.70. The Morgan fingerprint density at radius 2 is 2.05 bits per heavy atom. The zero-order valence-corrected chi connectivity index (χ0v) is 12.3. The Hall–Kier alpha value is -2.13. The van der Waals surface area contributed by atoms with E-state index in [-0.39, 0.29) is 16.2 Å². The highest BCUT2D eigenvalue weighted by Gasteiger charge is 2.22. The van der Waals surface area contributed by atoms with Crippen molar-refractivity contribution < 1.29 is 27.9 Å². The van der Waals surface area contributed by atoms with Crippen LogP contribution in [-0.4, -0.2) is 38.6 Å². The van der Waals surface area contributed by atoms with Crippen LogP contribution in [0.2, 0.25) is 0 Å². The number of carboxylic acid groups (broad SMARTS) is 1. The molecule has 0 aliphatic heterocycles. The van der Waals surface area contributed by atoms with Gasteiger partial charge in [-0.1, -0.05) is 0 Å². The minimum atomic E-state index is -3.99. The van der Waals surface area contributed by atoms with Crippen LogP contribution in [0.4, 0.5) is 0 Å². The number of amides is 1. The molecule has 0 fully saturated rings. The van der Waals surface area contributed by atoms with Crippen molar-refractivity contribution in [1.29, 1.82) is 0 Å². The van der Waals surface area contributed by atoms with E-state index in [9.17, 15) is 18.0 Å². The van der Waals surface area contributed by atoms with Crippen LogP contribution in [0.5, 0.6) is 5.75 Å². The number of hydrogen-bond acceptors (Lipinski definition) is 5. The summed E-state index contributed by atoms with van der Waals surface area (Å²) in [5.41, 5.74) is 5.21. The fraction of sp³-hybridized carbons (Fsp3) is 0.333. The molecule has 0 radical (unpaired) electrons. The zero-order chi connectivity index (χ0) is 16.2. The zero-order valence-electron chi connectivity index (χ0n) is 11.5. The number of primary amides is 1. The molecule has 0 aliphatic carbocycles. The highest BCUT2D eigenvalue weighted by molar-refractivity contribution is 7.89. The Labute approximate surface area is 122 Å². The molecule has 1 aromatic carbocycles. The number of benzene rings is 1. The smallest absolute Gasteiger partial charge is 0.307 e. The number of methoxy groups -OCH3 is 1. The number of carbonyl (C=O) groups is 2. The summed E-state index contributed by atoms with van der Waals surface area (Å²) in [5, 5.41) is 8.82. The van der Waals surface area contributed by atoms with Gasteiger partial charge in [0.1, 0.15) is 5.75 Å². The van der Waals surface area contributed by atoms with Gasteiger partial charge in [0.2, 0.25) is 15.9 Å². The molecule has 21 heavy (non-hydrogen) atoms. The summed E-state index contributed by atoms with van der Waals surface area (Å²) >= 11 is 0. The highest BCUT2D eigenvalue weighted by atomic mass is 32.2. The van der Waals surface area contributed by atoms with Crippen molar-refractivity contribution in [3.63, 3.8) is 0 Å². The molecule has 116 valence electrons. The normalized spacial score (nSPS) is 12.7. The van der Waals surface area contributed by atoms with Gasteiger partial charge in [-0.2, -0.15) is 4.72 Å². The molecule has 0 unspecified atom stereocenters. The Morgan fingerprint density at radius 3 is 2.52 bits per heavy atom. The Bertz CT molecular complexity index is 656. The van der Waals surface area contributed by atoms with Crippen LogP contribution in [0.25, 0.3) is 0 Å². The SMILES string of the molecule is COc1ccc(S(=O)(=O)N[C@@H](C)C(N)=O)cc1CC(=O)O. The number of sulfonamides is 1. The van der Waals surface area contributed by atoms with Crippen molar-refractivity contribution in [1.82, 2.24) is 4.72 Å². The number of nitrogens with two attached hydrogens (primary N) is 1. The van der Waals surface area contributed by atoms with Gasteiger partial charge in [0.05, 0.1) is 24.5 Å². The van der Waals surface area contributed by atoms with Crippen LogP contribution < -0.4 is 15.2 Å². The first-order valence-electron chi connectivity index (χ1n) is 5.87. The molecule has 0 aromatic heterocycles. The first-order valence-corrected chi connectivity index (χ1v) is 7.36. The highest BCUT2D eigenvalue weighted by Crippen LogP contribution is 2.23. The molecule has 0 saturated heterocycles. The van der Waals surface area contributed by atoms with Crippen LogP contribution in [0.3, 0.4) is 0 Å². The van der Waals surface area contributed by atoms with E-state index in [0.717, 1.165) is 0 Å². The molecule has 0 bridgehead atoms. The topological polar surface area (TPSA) is 136 Å². The minimum Gasteiger partial charge on any atom is -0.496 e. The molecular weight excluding hydrogens is 300 g/mol. The monoisotopic (exact) mass is 316 g/mol. The number of aliphatic carboxylic acids is 1. The molecule has 1 amide bonds. The van der Waals surface area contributed by atoms with Crippen molar-refractivity contribution in [3.8, 4) is 5.75 Å². The molecule has 4 N–H and O–H groups in total. The van der Waals surface area contributed by atoms with Gasteiger partial charge in [-0.25, -0.2) is 8.42 Å². The van der Waals surface area contributed by atoms with Crippen molar-refractivity contribution >= 4 is 21.9 Å². The van der Waals surface area contributed by atoms with Crippen LogP contribution >= 0.6 is 0 Å². The Morgan fingerprint density at radius 1 is 1.43 bits per heavy atom. The lowest BCUT2D eigenvalue weighted by molar-refractivity contribution is -0.136. The summed E-state index contributed by atoms with van der Waals surface area (Å²) < 4.78 is 31.2. The third kappa shape index (κ3) is 4.43. The number of hydrogen-bond donors (Lipinski definition) is 3. The van der Waals surface area contributed by atoms with E-state index < -0.39 is 34.4 Å². The van der Waals surface area contributed by atoms with Crippen molar-refractivity contribution in [2.45, 2.75) is 24.3 Å². The van der Waals surface area contributed by atoms with Crippen LogP contribution in [0, 0.1) is 0 Å². The van der Waals surface area contributed by atoms with E-state index in [1.807, 2.05) is 0 Å². The van der Waals surface area contributed by atoms with E-state index in [4.69, 9.17) is 15.6 Å². The second-order valence-electron chi connectivity index (χ2n) is 4.29. The lowest BCUT2D eigenvalue weighted by Crippen LogP contribution is -2.42. The molecule has 1 aromatic rings. The quantitative estimate of drug-likeness (QED) is 0.619. The second kappa shape index (κ2) is 6.55. The van der Waals surface area contributed by atoms with Gasteiger partial charge in [-0.15, -0.1) is 0 Å². The summed E-state index contributed by atoms with van der Waals surface area (Å²) in [6.07, 6.45) is -0.391. The standard InChI is InChI=1S/C12H16N2O6S/c1-7(12(13)17)14-21(18,19)9-3-4-10(20-2)8(5-9)6-11(15)16/h3-5,7,14H,6H2,1-2H3,(H2,13,17)(H,15,16)/t7-/m0/s1. The van der Waals surface area contributed by atoms with Gasteiger partial charge in [0.25, 0.3) is 0 Å². The van der Waals surface area contributed by atoms with E-state index in [1.54, 1.807) is 0 Å². The molecule has 1 rings (SSSR count). The maximum atomic E-state index is 12.1. The average Bonchev–Trinajstić information content (AvgIpc) is 2.37. The third-order valence-electron chi connectivity index (χ3n) is 2.66. The van der Waals surface area contributed by atoms with E-state index in [2.05, 4.69) is 4.72 Å². The van der Waals surface area contributed by atoms with Gasteiger partial charge in [-0.3, -0.25) is 9.59 Å². The van der Waals surface area contributed by atoms with Crippen LogP contribution in [0.1, 0.15) is 12.5 Å². The van der Waals surface area contributed by atoms with Gasteiger partial charge >= 0.3 is 5.97 Å². The lowest BCUT2D eigenvalue weighted by Gasteiger charge is -2.13. The van der Waals surface area contributed by atoms with Crippen LogP contribution in [-0.2, 0) is 26.0 Å². The number of rotatable bonds is 7. The number of carbonyl (C=O) groups excluding carboxylic acids is 1. The minimum absolute atomic E-state index is 0.173. The summed E-state index contributed by atoms with van der Waals surface area (Å²) in [5.74, 6) is -1.68. The Kier molecular flexibility index (Phi) is 5.28. The van der Waals surface area contributed by atoms with E-state index >= 15 is 0 Å². The van der Waals surface area contributed by atoms with Crippen molar-refractivity contribution in [2.24, 2.45) is 5.73 Å². The molecule has 8 nitrogen and oxygen atoms in total. The summed E-state index contributed by atoms with van der Waals surface area (Å²) in [4.78, 5) is 21.5. The molecule has 0 aliphatic rings. The third-order valence-corrected chi connectivity index (χ3v) is 4.20. The second-order valence-corrected chi connectivity index (χ2v) is 6.00. The fourth-order valence-corrected chi connectivity index (χ4v) is 2.84. The lowest BCUT2D eigenvalue weighted by atomic mass is 10.1. The summed E-state index contributed by atoms with van der Waals surface area (Å²) in [7, 11) is -2.64. The Balaban J connectivity index is 3.18. The molecular formula is C12H16N2O6S. The number of carboxylic acids is 1. The van der Waals surface area contributed by atoms with Gasteiger partial charge in [0.15, 0.2) is 0 Å². The van der Waals surface area contributed by atoms with Crippen LogP contribution in [0.15, 0.2) is 23.1 Å². The average molecular weight is 316 g/mol. The molecule has 9 heteroatoms. The van der Waals surface area contributed by atoms with Gasteiger partial charge in [0, 0.05) is 5.56 Å². The first kappa shape index (κ1) is 16.9. The molecule has 0 saturated carbocycles. The number of nitrogens with one attached hydrogen (secondary N) is 1. The molecule has 0 heterocycles.